The van der Waals surface area contributed by atoms with Crippen LogP contribution in [-0.4, -0.2) is 73.6 Å². The van der Waals surface area contributed by atoms with Crippen molar-refractivity contribution in [1.29, 1.82) is 0 Å². The average Bonchev–Trinajstić information content (AvgIpc) is 2.97. The first-order valence-corrected chi connectivity index (χ1v) is 15.9. The number of sulfonamides is 2. The number of amides is 1. The zero-order chi connectivity index (χ0) is 29.6. The molecule has 1 aliphatic rings. The van der Waals surface area contributed by atoms with Gasteiger partial charge in [-0.2, -0.15) is 4.31 Å². The minimum Gasteiger partial charge on any atom is -0.495 e. The van der Waals surface area contributed by atoms with Crippen LogP contribution in [0.1, 0.15) is 6.92 Å². The third kappa shape index (κ3) is 6.93. The van der Waals surface area contributed by atoms with Crippen LogP contribution in [0.5, 0.6) is 11.5 Å². The Morgan fingerprint density at radius 1 is 1.00 bits per heavy atom. The highest BCUT2D eigenvalue weighted by atomic mass is 35.5. The number of benzene rings is 3. The lowest BCUT2D eigenvalue weighted by Crippen LogP contribution is -2.40. The molecule has 0 aliphatic carbocycles. The number of hydrogen-bond acceptors (Lipinski definition) is 8. The van der Waals surface area contributed by atoms with Gasteiger partial charge in [-0.1, -0.05) is 23.7 Å². The monoisotopic (exact) mass is 623 g/mol. The lowest BCUT2D eigenvalue weighted by atomic mass is 10.3. The Morgan fingerprint density at radius 2 is 1.68 bits per heavy atom. The maximum Gasteiger partial charge on any atom is 0.264 e. The first kappa shape index (κ1) is 30.6. The zero-order valence-corrected chi connectivity index (χ0v) is 24.8. The van der Waals surface area contributed by atoms with Gasteiger partial charge in [0.25, 0.3) is 10.0 Å². The van der Waals surface area contributed by atoms with Crippen molar-refractivity contribution >= 4 is 48.9 Å². The van der Waals surface area contributed by atoms with E-state index in [2.05, 4.69) is 5.32 Å². The fourth-order valence-electron chi connectivity index (χ4n) is 4.19. The molecule has 0 unspecified atom stereocenters. The Hall–Kier alpha value is -3.36. The Bertz CT molecular complexity index is 1590. The van der Waals surface area contributed by atoms with E-state index in [0.29, 0.717) is 5.02 Å². The third-order valence-corrected chi connectivity index (χ3v) is 10.1. The molecule has 0 bridgehead atoms. The summed E-state index contributed by atoms with van der Waals surface area (Å²) in [5, 5.41) is 2.97. The smallest absolute Gasteiger partial charge is 0.264 e. The highest BCUT2D eigenvalue weighted by Crippen LogP contribution is 2.34. The van der Waals surface area contributed by atoms with Crippen LogP contribution in [0.2, 0.25) is 5.02 Å². The molecular weight excluding hydrogens is 594 g/mol. The predicted octanol–water partition coefficient (Wildman–Crippen LogP) is 3.60. The van der Waals surface area contributed by atoms with Crippen LogP contribution in [0.15, 0.2) is 76.5 Å². The number of para-hydroxylation sites is 2. The molecule has 3 aromatic carbocycles. The molecule has 0 atom stereocenters. The van der Waals surface area contributed by atoms with Gasteiger partial charge in [0.15, 0.2) is 0 Å². The van der Waals surface area contributed by atoms with Gasteiger partial charge in [0.1, 0.15) is 22.9 Å². The van der Waals surface area contributed by atoms with Gasteiger partial charge in [0, 0.05) is 23.8 Å². The van der Waals surface area contributed by atoms with Crippen molar-refractivity contribution in [2.75, 3.05) is 56.2 Å². The molecule has 0 aromatic heterocycles. The van der Waals surface area contributed by atoms with Crippen LogP contribution in [0.3, 0.4) is 0 Å². The molecule has 1 N–H and O–H groups in total. The summed E-state index contributed by atoms with van der Waals surface area (Å²) in [5.41, 5.74) is 0.300. The topological polar surface area (TPSA) is 132 Å². The quantitative estimate of drug-likeness (QED) is 0.343. The van der Waals surface area contributed by atoms with Crippen LogP contribution in [0.25, 0.3) is 0 Å². The molecule has 1 amide bonds. The maximum atomic E-state index is 13.8. The summed E-state index contributed by atoms with van der Waals surface area (Å²) in [6.07, 6.45) is 0. The van der Waals surface area contributed by atoms with Gasteiger partial charge in [-0.25, -0.2) is 16.8 Å². The van der Waals surface area contributed by atoms with E-state index in [-0.39, 0.29) is 65.6 Å². The van der Waals surface area contributed by atoms with Gasteiger partial charge in [0.05, 0.1) is 37.5 Å². The first-order chi connectivity index (χ1) is 19.6. The lowest BCUT2D eigenvalue weighted by Gasteiger charge is -2.27. The van der Waals surface area contributed by atoms with Gasteiger partial charge in [-0.05, 0) is 61.5 Å². The van der Waals surface area contributed by atoms with Gasteiger partial charge in [-0.15, -0.1) is 0 Å². The highest BCUT2D eigenvalue weighted by molar-refractivity contribution is 7.93. The number of carbonyl (C=O) groups excluding carboxylic acids is 1. The van der Waals surface area contributed by atoms with Crippen molar-refractivity contribution in [2.45, 2.75) is 16.7 Å². The predicted molar refractivity (Wildman–Crippen MR) is 155 cm³/mol. The van der Waals surface area contributed by atoms with E-state index in [4.69, 9.17) is 25.8 Å². The van der Waals surface area contributed by atoms with Gasteiger partial charge in [-0.3, -0.25) is 9.10 Å². The SMILES string of the molecule is CCOc1ccccc1N(CC(=O)Nc1ccc(OC)c(S(=O)(=O)N2CCOCC2)c1)S(=O)(=O)c1ccc(Cl)cc1. The van der Waals surface area contributed by atoms with Crippen LogP contribution < -0.4 is 19.1 Å². The normalized spacial score (nSPS) is 14.3. The van der Waals surface area contributed by atoms with Crippen molar-refractivity contribution in [2.24, 2.45) is 0 Å². The minimum atomic E-state index is -4.26. The van der Waals surface area contributed by atoms with E-state index >= 15 is 0 Å². The number of nitrogens with zero attached hydrogens (tertiary/aromatic N) is 2. The van der Waals surface area contributed by atoms with Crippen molar-refractivity contribution < 1.29 is 35.8 Å². The van der Waals surface area contributed by atoms with E-state index in [0.717, 1.165) is 4.31 Å². The van der Waals surface area contributed by atoms with E-state index in [1.165, 1.54) is 59.9 Å². The number of halogens is 1. The van der Waals surface area contributed by atoms with Crippen molar-refractivity contribution in [1.82, 2.24) is 4.31 Å². The molecule has 1 aliphatic heterocycles. The second-order valence-electron chi connectivity index (χ2n) is 8.80. The van der Waals surface area contributed by atoms with E-state index in [1.807, 2.05) is 0 Å². The molecule has 4 rings (SSSR count). The first-order valence-electron chi connectivity index (χ1n) is 12.6. The molecule has 41 heavy (non-hydrogen) atoms. The van der Waals surface area contributed by atoms with Crippen molar-refractivity contribution in [3.05, 3.63) is 71.8 Å². The number of anilines is 2. The van der Waals surface area contributed by atoms with Crippen LogP contribution >= 0.6 is 11.6 Å². The molecule has 1 saturated heterocycles. The zero-order valence-electron chi connectivity index (χ0n) is 22.4. The average molecular weight is 624 g/mol. The third-order valence-electron chi connectivity index (χ3n) is 6.16. The summed E-state index contributed by atoms with van der Waals surface area (Å²) >= 11 is 5.96. The van der Waals surface area contributed by atoms with Crippen LogP contribution in [-0.2, 0) is 29.6 Å². The van der Waals surface area contributed by atoms with E-state index in [9.17, 15) is 21.6 Å². The molecule has 0 spiro atoms. The number of morpholine rings is 1. The van der Waals surface area contributed by atoms with Gasteiger partial charge < -0.3 is 19.5 Å². The van der Waals surface area contributed by atoms with Gasteiger partial charge in [0.2, 0.25) is 15.9 Å². The molecule has 11 nitrogen and oxygen atoms in total. The Labute approximate surface area is 244 Å². The number of carbonyl (C=O) groups is 1. The van der Waals surface area contributed by atoms with E-state index in [1.54, 1.807) is 25.1 Å². The Balaban J connectivity index is 1.67. The molecule has 3 aromatic rings. The summed E-state index contributed by atoms with van der Waals surface area (Å²) in [7, 11) is -6.87. The van der Waals surface area contributed by atoms with Crippen molar-refractivity contribution in [3.8, 4) is 11.5 Å². The van der Waals surface area contributed by atoms with Crippen LogP contribution in [0.4, 0.5) is 11.4 Å². The Morgan fingerprint density at radius 3 is 2.34 bits per heavy atom. The van der Waals surface area contributed by atoms with Crippen LogP contribution in [0, 0.1) is 0 Å². The van der Waals surface area contributed by atoms with Gasteiger partial charge >= 0.3 is 0 Å². The molecule has 14 heteroatoms. The summed E-state index contributed by atoms with van der Waals surface area (Å²) in [6, 6.07) is 16.2. The fourth-order valence-corrected chi connectivity index (χ4v) is 7.33. The second-order valence-corrected chi connectivity index (χ2v) is 13.0. The summed E-state index contributed by atoms with van der Waals surface area (Å²) in [5.74, 6) is -0.343. The second kappa shape index (κ2) is 13.1. The lowest BCUT2D eigenvalue weighted by molar-refractivity contribution is -0.114. The standard InChI is InChI=1S/C27H30ClN3O8S2/c1-3-39-24-7-5-4-6-23(24)31(40(33,34)22-11-8-20(28)9-12-22)19-27(32)29-21-10-13-25(37-2)26(18-21)41(35,36)30-14-16-38-17-15-30/h4-13,18H,3,14-17,19H2,1-2H3,(H,29,32). The number of methoxy groups -OCH3 is 1. The summed E-state index contributed by atoms with van der Waals surface area (Å²) in [6.45, 7) is 2.28. The number of ether oxygens (including phenoxy) is 3. The summed E-state index contributed by atoms with van der Waals surface area (Å²) < 4.78 is 72.6. The molecule has 220 valence electrons. The number of nitrogens with one attached hydrogen (secondary N) is 1. The molecule has 0 radical (unpaired) electrons. The van der Waals surface area contributed by atoms with Crippen molar-refractivity contribution in [3.63, 3.8) is 0 Å². The van der Waals surface area contributed by atoms with E-state index < -0.39 is 32.5 Å². The number of rotatable bonds is 11. The largest absolute Gasteiger partial charge is 0.495 e. The molecule has 0 saturated carbocycles. The fraction of sp³-hybridized carbons (Fsp3) is 0.296. The minimum absolute atomic E-state index is 0.0793. The Kier molecular flexibility index (Phi) is 9.76. The maximum absolute atomic E-state index is 13.8. The summed E-state index contributed by atoms with van der Waals surface area (Å²) in [4.78, 5) is 13.1. The molecule has 1 heterocycles. The molecule has 1 fully saturated rings. The number of hydrogen-bond donors (Lipinski definition) is 1. The highest BCUT2D eigenvalue weighted by Gasteiger charge is 2.31. The molecular formula is C27H30ClN3O8S2.